The molecule has 0 spiro atoms. The summed E-state index contributed by atoms with van der Waals surface area (Å²) in [4.78, 5) is 0. The van der Waals surface area contributed by atoms with Gasteiger partial charge in [0, 0.05) is 13.1 Å². The van der Waals surface area contributed by atoms with E-state index in [4.69, 9.17) is 4.55 Å². The molecule has 0 radical (unpaired) electrons. The number of alkyl halides is 5. The second-order valence-corrected chi connectivity index (χ2v) is 5.92. The van der Waals surface area contributed by atoms with E-state index in [-0.39, 0.29) is 12.8 Å². The van der Waals surface area contributed by atoms with Gasteiger partial charge >= 0.3 is 21.3 Å². The lowest BCUT2D eigenvalue weighted by Gasteiger charge is -2.26. The van der Waals surface area contributed by atoms with Gasteiger partial charge in [0.2, 0.25) is 0 Å². The van der Waals surface area contributed by atoms with E-state index in [1.54, 1.807) is 0 Å². The van der Waals surface area contributed by atoms with Crippen molar-refractivity contribution >= 4 is 10.1 Å². The van der Waals surface area contributed by atoms with E-state index >= 15 is 0 Å². The Hall–Kier alpha value is -1.00. The summed E-state index contributed by atoms with van der Waals surface area (Å²) in [6.07, 6.45) is -0.405. The number of halogens is 5. The molecular weight excluding hydrogens is 345 g/mol. The number of unbranched alkanes of at least 4 members (excludes halogenated alkanes) is 1. The van der Waals surface area contributed by atoms with Crippen LogP contribution in [0, 0.1) is 0 Å². The molecule has 138 valence electrons. The number of hydrogen-bond acceptors (Lipinski definition) is 3. The van der Waals surface area contributed by atoms with Crippen LogP contribution in [0.4, 0.5) is 22.0 Å². The molecule has 0 saturated carbocycles. The Kier molecular flexibility index (Phi) is 11.3. The smallest absolute Gasteiger partial charge is 0.310 e. The lowest BCUT2D eigenvalue weighted by molar-refractivity contribution is -0.198. The van der Waals surface area contributed by atoms with Gasteiger partial charge in [-0.2, -0.15) is 26.0 Å². The van der Waals surface area contributed by atoms with Crippen LogP contribution >= 0.6 is 0 Å². The molecule has 1 atom stereocenters. The summed E-state index contributed by atoms with van der Waals surface area (Å²) < 4.78 is 91.4. The van der Waals surface area contributed by atoms with Gasteiger partial charge in [0.1, 0.15) is 0 Å². The molecule has 0 heterocycles. The first-order valence-corrected chi connectivity index (χ1v) is 8.13. The predicted molar refractivity (Wildman–Crippen MR) is 79.1 cm³/mol. The van der Waals surface area contributed by atoms with E-state index in [9.17, 15) is 30.4 Å². The van der Waals surface area contributed by atoms with E-state index in [2.05, 4.69) is 18.5 Å². The Labute approximate surface area is 133 Å². The molecule has 0 aliphatic heterocycles. The third-order valence-electron chi connectivity index (χ3n) is 2.49. The Morgan fingerprint density at radius 3 is 1.91 bits per heavy atom. The van der Waals surface area contributed by atoms with E-state index in [0.717, 1.165) is 13.1 Å². The SMILES string of the molecule is C=CCNCC=C.CCCCC(F)C(F)(F)C(F)(F)S(=O)(=O)O. The van der Waals surface area contributed by atoms with Crippen LogP contribution in [0.3, 0.4) is 0 Å². The lowest BCUT2D eigenvalue weighted by Crippen LogP contribution is -2.52. The standard InChI is InChI=1S/C7H11F5O3S.C6H11N/c1-2-3-4-5(8)6(9,10)7(11,12)16(13,14)15;1-3-5-7-6-4-2/h5H,2-4H2,1H3,(H,13,14,15);3-4,7H,1-2,5-6H2. The zero-order valence-corrected chi connectivity index (χ0v) is 13.6. The molecule has 0 aromatic rings. The third kappa shape index (κ3) is 7.89. The molecule has 0 saturated heterocycles. The van der Waals surface area contributed by atoms with Crippen molar-refractivity contribution in [1.29, 1.82) is 0 Å². The average molecular weight is 367 g/mol. The molecular formula is C13H22F5NO3S. The van der Waals surface area contributed by atoms with Gasteiger partial charge in [0.15, 0.2) is 6.17 Å². The minimum Gasteiger partial charge on any atom is -0.310 e. The molecule has 0 fully saturated rings. The highest BCUT2D eigenvalue weighted by Crippen LogP contribution is 2.43. The maximum atomic E-state index is 12.8. The first-order chi connectivity index (χ1) is 10.4. The van der Waals surface area contributed by atoms with Crippen LogP contribution in [0.15, 0.2) is 25.3 Å². The second kappa shape index (κ2) is 10.7. The van der Waals surface area contributed by atoms with Gasteiger partial charge in [0.05, 0.1) is 0 Å². The quantitative estimate of drug-likeness (QED) is 0.268. The molecule has 4 nitrogen and oxygen atoms in total. The molecule has 2 N–H and O–H groups in total. The monoisotopic (exact) mass is 367 g/mol. The van der Waals surface area contributed by atoms with Crippen molar-refractivity contribution in [2.24, 2.45) is 0 Å². The fraction of sp³-hybridized carbons (Fsp3) is 0.692. The van der Waals surface area contributed by atoms with Gasteiger partial charge in [-0.3, -0.25) is 4.55 Å². The molecule has 0 aromatic heterocycles. The first-order valence-electron chi connectivity index (χ1n) is 6.69. The molecule has 0 aliphatic carbocycles. The van der Waals surface area contributed by atoms with Gasteiger partial charge < -0.3 is 5.32 Å². The predicted octanol–water partition coefficient (Wildman–Crippen LogP) is 3.58. The Morgan fingerprint density at radius 1 is 1.17 bits per heavy atom. The Balaban J connectivity index is 0. The van der Waals surface area contributed by atoms with Gasteiger partial charge in [0.25, 0.3) is 0 Å². The van der Waals surface area contributed by atoms with Crippen molar-refractivity contribution < 1.29 is 34.9 Å². The van der Waals surface area contributed by atoms with Crippen LogP contribution in [-0.2, 0) is 10.1 Å². The van der Waals surface area contributed by atoms with Crippen molar-refractivity contribution in [3.8, 4) is 0 Å². The summed E-state index contributed by atoms with van der Waals surface area (Å²) in [5.41, 5.74) is 0. The summed E-state index contributed by atoms with van der Waals surface area (Å²) in [5.74, 6) is -5.45. The van der Waals surface area contributed by atoms with Crippen molar-refractivity contribution in [1.82, 2.24) is 5.32 Å². The van der Waals surface area contributed by atoms with Gasteiger partial charge in [-0.05, 0) is 6.42 Å². The number of rotatable bonds is 10. The molecule has 23 heavy (non-hydrogen) atoms. The average Bonchev–Trinajstić information content (AvgIpc) is 2.44. The maximum absolute atomic E-state index is 12.8. The van der Waals surface area contributed by atoms with Crippen molar-refractivity contribution in [3.05, 3.63) is 25.3 Å². The molecule has 0 bridgehead atoms. The van der Waals surface area contributed by atoms with Crippen molar-refractivity contribution in [2.75, 3.05) is 13.1 Å². The highest BCUT2D eigenvalue weighted by atomic mass is 32.2. The lowest BCUT2D eigenvalue weighted by atomic mass is 10.1. The molecule has 0 aromatic carbocycles. The topological polar surface area (TPSA) is 66.4 Å². The number of hydrogen-bond donors (Lipinski definition) is 2. The van der Waals surface area contributed by atoms with Crippen LogP contribution in [0.2, 0.25) is 0 Å². The summed E-state index contributed by atoms with van der Waals surface area (Å²) >= 11 is 0. The molecule has 0 amide bonds. The zero-order chi connectivity index (χ0) is 18.7. The largest absolute Gasteiger partial charge is 0.434 e. The summed E-state index contributed by atoms with van der Waals surface area (Å²) in [5, 5.41) is -2.78. The first kappa shape index (κ1) is 24.3. The minimum atomic E-state index is -6.35. The summed E-state index contributed by atoms with van der Waals surface area (Å²) in [7, 11) is -6.35. The van der Waals surface area contributed by atoms with E-state index in [1.165, 1.54) is 6.92 Å². The fourth-order valence-corrected chi connectivity index (χ4v) is 1.68. The fourth-order valence-electron chi connectivity index (χ4n) is 1.21. The Morgan fingerprint density at radius 2 is 1.61 bits per heavy atom. The highest BCUT2D eigenvalue weighted by Gasteiger charge is 2.69. The van der Waals surface area contributed by atoms with Gasteiger partial charge in [-0.1, -0.05) is 31.9 Å². The van der Waals surface area contributed by atoms with Crippen LogP contribution in [0.1, 0.15) is 26.2 Å². The van der Waals surface area contributed by atoms with Crippen LogP contribution < -0.4 is 5.32 Å². The second-order valence-electron chi connectivity index (χ2n) is 4.46. The minimum absolute atomic E-state index is 0.0989. The summed E-state index contributed by atoms with van der Waals surface area (Å²) in [6, 6.07) is 0. The van der Waals surface area contributed by atoms with Crippen LogP contribution in [0.25, 0.3) is 0 Å². The third-order valence-corrected chi connectivity index (χ3v) is 3.41. The molecule has 1 unspecified atom stereocenters. The van der Waals surface area contributed by atoms with E-state index in [1.807, 2.05) is 12.2 Å². The highest BCUT2D eigenvalue weighted by molar-refractivity contribution is 7.87. The zero-order valence-electron chi connectivity index (χ0n) is 12.7. The normalized spacial score (nSPS) is 13.7. The van der Waals surface area contributed by atoms with Crippen LogP contribution in [0.5, 0.6) is 0 Å². The van der Waals surface area contributed by atoms with Crippen molar-refractivity contribution in [2.45, 2.75) is 43.5 Å². The molecule has 10 heteroatoms. The molecule has 0 aliphatic rings. The molecule has 0 rings (SSSR count). The van der Waals surface area contributed by atoms with E-state index in [0.29, 0.717) is 0 Å². The Bertz CT molecular complexity index is 447. The van der Waals surface area contributed by atoms with Gasteiger partial charge in [-0.25, -0.2) is 4.39 Å². The van der Waals surface area contributed by atoms with Gasteiger partial charge in [-0.15, -0.1) is 13.2 Å². The summed E-state index contributed by atoms with van der Waals surface area (Å²) in [6.45, 7) is 10.3. The van der Waals surface area contributed by atoms with Crippen LogP contribution in [-0.4, -0.2) is 43.4 Å². The maximum Gasteiger partial charge on any atom is 0.434 e. The number of nitrogens with one attached hydrogen (secondary N) is 1. The van der Waals surface area contributed by atoms with Crippen molar-refractivity contribution in [3.63, 3.8) is 0 Å². The van der Waals surface area contributed by atoms with E-state index < -0.39 is 33.9 Å².